The second-order valence-corrected chi connectivity index (χ2v) is 7.72. The Hall–Kier alpha value is -3.22. The minimum atomic E-state index is -0.239. The van der Waals surface area contributed by atoms with Crippen LogP contribution in [0.3, 0.4) is 0 Å². The van der Waals surface area contributed by atoms with Gasteiger partial charge in [-0.15, -0.1) is 0 Å². The molecule has 2 amide bonds. The summed E-state index contributed by atoms with van der Waals surface area (Å²) in [5.41, 5.74) is 2.56. The number of benzene rings is 2. The Morgan fingerprint density at radius 1 is 1.00 bits per heavy atom. The van der Waals surface area contributed by atoms with E-state index in [4.69, 9.17) is 14.2 Å². The zero-order valence-corrected chi connectivity index (χ0v) is 18.6. The van der Waals surface area contributed by atoms with Crippen molar-refractivity contribution in [2.24, 2.45) is 0 Å². The molecule has 1 aliphatic rings. The number of carbonyl (C=O) groups is 2. The van der Waals surface area contributed by atoms with Crippen LogP contribution in [0.5, 0.6) is 17.2 Å². The summed E-state index contributed by atoms with van der Waals surface area (Å²) in [5, 5.41) is 3.05. The van der Waals surface area contributed by atoms with Crippen LogP contribution in [0.1, 0.15) is 34.3 Å². The molecule has 1 N–H and O–H groups in total. The highest BCUT2D eigenvalue weighted by Crippen LogP contribution is 2.28. The van der Waals surface area contributed by atoms with E-state index >= 15 is 0 Å². The highest BCUT2D eigenvalue weighted by molar-refractivity contribution is 5.99. The largest absolute Gasteiger partial charge is 0.496 e. The Morgan fingerprint density at radius 2 is 1.65 bits per heavy atom. The number of piperidine rings is 1. The molecule has 1 fully saturated rings. The van der Waals surface area contributed by atoms with Crippen LogP contribution < -0.4 is 19.5 Å². The van der Waals surface area contributed by atoms with Gasteiger partial charge in [0.25, 0.3) is 11.8 Å². The number of amides is 2. The molecule has 0 unspecified atom stereocenters. The predicted octanol–water partition coefficient (Wildman–Crippen LogP) is 3.12. The van der Waals surface area contributed by atoms with Gasteiger partial charge >= 0.3 is 0 Å². The van der Waals surface area contributed by atoms with E-state index in [2.05, 4.69) is 5.32 Å². The van der Waals surface area contributed by atoms with E-state index in [0.29, 0.717) is 43.0 Å². The fourth-order valence-electron chi connectivity index (χ4n) is 3.80. The van der Waals surface area contributed by atoms with Crippen LogP contribution in [0.2, 0.25) is 0 Å². The van der Waals surface area contributed by atoms with Crippen LogP contribution in [0.4, 0.5) is 0 Å². The molecule has 0 atom stereocenters. The summed E-state index contributed by atoms with van der Waals surface area (Å²) in [5.74, 6) is 1.38. The molecule has 2 aromatic rings. The highest BCUT2D eigenvalue weighted by Gasteiger charge is 2.26. The summed E-state index contributed by atoms with van der Waals surface area (Å²) in [7, 11) is 3.05. The number of ether oxygens (including phenoxy) is 3. The fraction of sp³-hybridized carbons (Fsp3) is 0.417. The lowest BCUT2D eigenvalue weighted by Gasteiger charge is -2.32. The van der Waals surface area contributed by atoms with E-state index in [1.807, 2.05) is 32.0 Å². The van der Waals surface area contributed by atoms with Crippen LogP contribution in [0, 0.1) is 13.8 Å². The Morgan fingerprint density at radius 3 is 2.23 bits per heavy atom. The third-order valence-corrected chi connectivity index (χ3v) is 5.52. The number of rotatable bonds is 7. The van der Waals surface area contributed by atoms with E-state index in [1.54, 1.807) is 23.1 Å². The van der Waals surface area contributed by atoms with Gasteiger partial charge in [-0.05, 0) is 50.5 Å². The maximum atomic E-state index is 12.8. The van der Waals surface area contributed by atoms with Gasteiger partial charge in [0.05, 0.1) is 14.2 Å². The van der Waals surface area contributed by atoms with Crippen molar-refractivity contribution in [1.82, 2.24) is 10.2 Å². The molecule has 1 aliphatic heterocycles. The lowest BCUT2D eigenvalue weighted by atomic mass is 10.0. The number of nitrogens with zero attached hydrogens (tertiary/aromatic N) is 1. The average Bonchev–Trinajstić information content (AvgIpc) is 2.78. The van der Waals surface area contributed by atoms with Gasteiger partial charge in [-0.25, -0.2) is 0 Å². The smallest absolute Gasteiger partial charge is 0.260 e. The van der Waals surface area contributed by atoms with Crippen molar-refractivity contribution in [2.45, 2.75) is 32.7 Å². The van der Waals surface area contributed by atoms with Crippen molar-refractivity contribution < 1.29 is 23.8 Å². The van der Waals surface area contributed by atoms with Gasteiger partial charge in [0, 0.05) is 19.1 Å². The molecule has 166 valence electrons. The maximum absolute atomic E-state index is 12.8. The molecule has 0 spiro atoms. The number of hydrogen-bond acceptors (Lipinski definition) is 5. The predicted molar refractivity (Wildman–Crippen MR) is 118 cm³/mol. The summed E-state index contributed by atoms with van der Waals surface area (Å²) in [6.45, 7) is 5.15. The van der Waals surface area contributed by atoms with Crippen LogP contribution in [-0.2, 0) is 4.79 Å². The van der Waals surface area contributed by atoms with Gasteiger partial charge in [0.15, 0.2) is 6.61 Å². The van der Waals surface area contributed by atoms with Crippen LogP contribution in [-0.4, -0.2) is 56.7 Å². The molecule has 31 heavy (non-hydrogen) atoms. The number of nitrogens with one attached hydrogen (secondary N) is 1. The molecule has 0 saturated carbocycles. The Kier molecular flexibility index (Phi) is 7.39. The molecule has 0 bridgehead atoms. The lowest BCUT2D eigenvalue weighted by molar-refractivity contribution is -0.134. The van der Waals surface area contributed by atoms with Crippen molar-refractivity contribution in [3.63, 3.8) is 0 Å². The Bertz CT molecular complexity index is 913. The second kappa shape index (κ2) is 10.2. The third kappa shape index (κ3) is 5.48. The third-order valence-electron chi connectivity index (χ3n) is 5.52. The molecule has 1 heterocycles. The van der Waals surface area contributed by atoms with Crippen molar-refractivity contribution >= 4 is 11.8 Å². The minimum Gasteiger partial charge on any atom is -0.496 e. The number of aryl methyl sites for hydroxylation is 2. The van der Waals surface area contributed by atoms with Gasteiger partial charge in [-0.2, -0.15) is 0 Å². The average molecular weight is 427 g/mol. The van der Waals surface area contributed by atoms with Crippen molar-refractivity contribution in [2.75, 3.05) is 33.9 Å². The lowest BCUT2D eigenvalue weighted by Crippen LogP contribution is -2.47. The molecule has 2 aromatic carbocycles. The summed E-state index contributed by atoms with van der Waals surface area (Å²) < 4.78 is 16.4. The topological polar surface area (TPSA) is 77.1 Å². The Balaban J connectivity index is 1.51. The maximum Gasteiger partial charge on any atom is 0.260 e. The number of methoxy groups -OCH3 is 2. The van der Waals surface area contributed by atoms with Crippen molar-refractivity contribution in [1.29, 1.82) is 0 Å². The molecule has 3 rings (SSSR count). The summed E-state index contributed by atoms with van der Waals surface area (Å²) >= 11 is 0. The normalized spacial score (nSPS) is 14.1. The zero-order valence-electron chi connectivity index (χ0n) is 18.6. The molecule has 7 nitrogen and oxygen atoms in total. The SMILES string of the molecule is COc1cccc(OC)c1C(=O)NC1CCN(C(=O)COc2ccc(C)cc2C)CC1. The second-order valence-electron chi connectivity index (χ2n) is 7.72. The van der Waals surface area contributed by atoms with Gasteiger partial charge < -0.3 is 24.4 Å². The summed E-state index contributed by atoms with van der Waals surface area (Å²) in [4.78, 5) is 27.2. The number of hydrogen-bond donors (Lipinski definition) is 1. The molecule has 0 aromatic heterocycles. The fourth-order valence-corrected chi connectivity index (χ4v) is 3.80. The first kappa shape index (κ1) is 22.5. The quantitative estimate of drug-likeness (QED) is 0.736. The van der Waals surface area contributed by atoms with Crippen LogP contribution in [0.25, 0.3) is 0 Å². The van der Waals surface area contributed by atoms with Gasteiger partial charge in [-0.1, -0.05) is 23.8 Å². The molecule has 1 saturated heterocycles. The van der Waals surface area contributed by atoms with Gasteiger partial charge in [0.1, 0.15) is 22.8 Å². The first-order valence-electron chi connectivity index (χ1n) is 10.4. The van der Waals surface area contributed by atoms with Crippen molar-refractivity contribution in [3.05, 3.63) is 53.1 Å². The minimum absolute atomic E-state index is 0.0132. The van der Waals surface area contributed by atoms with Crippen LogP contribution in [0.15, 0.2) is 36.4 Å². The van der Waals surface area contributed by atoms with E-state index in [-0.39, 0.29) is 24.5 Å². The van der Waals surface area contributed by atoms with E-state index < -0.39 is 0 Å². The van der Waals surface area contributed by atoms with E-state index in [1.165, 1.54) is 14.2 Å². The molecular formula is C24H30N2O5. The standard InChI is InChI=1S/C24H30N2O5/c1-16-8-9-19(17(2)14-16)31-15-22(27)26-12-10-18(11-13-26)25-24(28)23-20(29-3)6-5-7-21(23)30-4/h5-9,14,18H,10-13,15H2,1-4H3,(H,25,28). The number of carbonyl (C=O) groups excluding carboxylic acids is 2. The molecule has 0 radical (unpaired) electrons. The van der Waals surface area contributed by atoms with E-state index in [9.17, 15) is 9.59 Å². The Labute approximate surface area is 183 Å². The monoisotopic (exact) mass is 426 g/mol. The zero-order chi connectivity index (χ0) is 22.4. The van der Waals surface area contributed by atoms with Crippen molar-refractivity contribution in [3.8, 4) is 17.2 Å². The van der Waals surface area contributed by atoms with Crippen LogP contribution >= 0.6 is 0 Å². The number of likely N-dealkylation sites (tertiary alicyclic amines) is 1. The molecule has 0 aliphatic carbocycles. The highest BCUT2D eigenvalue weighted by atomic mass is 16.5. The molecule has 7 heteroatoms. The first-order valence-corrected chi connectivity index (χ1v) is 10.4. The van der Waals surface area contributed by atoms with Gasteiger partial charge in [-0.3, -0.25) is 9.59 Å². The summed E-state index contributed by atoms with van der Waals surface area (Å²) in [6.07, 6.45) is 1.36. The van der Waals surface area contributed by atoms with Gasteiger partial charge in [0.2, 0.25) is 0 Å². The molecular weight excluding hydrogens is 396 g/mol. The summed E-state index contributed by atoms with van der Waals surface area (Å²) in [6, 6.07) is 11.1. The van der Waals surface area contributed by atoms with E-state index in [0.717, 1.165) is 16.9 Å². The first-order chi connectivity index (χ1) is 14.9.